The van der Waals surface area contributed by atoms with Crippen LogP contribution in [0.25, 0.3) is 6.08 Å². The first-order chi connectivity index (χ1) is 10.5. The minimum atomic E-state index is -3.00. The molecule has 0 aliphatic carbocycles. The van der Waals surface area contributed by atoms with E-state index < -0.39 is 9.84 Å². The normalized spacial score (nSPS) is 31.4. The number of likely N-dealkylation sites (tertiary alicyclic amines) is 1. The van der Waals surface area contributed by atoms with E-state index in [1.54, 1.807) is 7.11 Å². The molecule has 2 saturated heterocycles. The van der Waals surface area contributed by atoms with Crippen molar-refractivity contribution in [2.75, 3.05) is 32.5 Å². The molecule has 3 atom stereocenters. The average Bonchev–Trinajstić information content (AvgIpc) is 2.99. The van der Waals surface area contributed by atoms with Gasteiger partial charge in [-0.05, 0) is 12.5 Å². The van der Waals surface area contributed by atoms with Crippen LogP contribution < -0.4 is 0 Å². The van der Waals surface area contributed by atoms with Crippen LogP contribution in [0.2, 0.25) is 0 Å². The van der Waals surface area contributed by atoms with E-state index in [1.807, 2.05) is 18.2 Å². The number of rotatable bonds is 4. The van der Waals surface area contributed by atoms with Crippen LogP contribution in [0, 0.1) is 5.92 Å². The smallest absolute Gasteiger partial charge is 0.157 e. The molecule has 0 N–H and O–H groups in total. The van der Waals surface area contributed by atoms with Crippen molar-refractivity contribution < 1.29 is 13.2 Å². The van der Waals surface area contributed by atoms with Crippen LogP contribution in [0.15, 0.2) is 35.9 Å². The predicted octanol–water partition coefficient (Wildman–Crippen LogP) is 1.83. The number of sulfone groups is 1. The maximum Gasteiger partial charge on any atom is 0.157 e. The van der Waals surface area contributed by atoms with E-state index in [-0.39, 0.29) is 23.0 Å². The fourth-order valence-corrected chi connectivity index (χ4v) is 6.02. The summed E-state index contributed by atoms with van der Waals surface area (Å²) < 4.78 is 29.8. The zero-order valence-corrected chi connectivity index (χ0v) is 13.9. The van der Waals surface area contributed by atoms with Crippen LogP contribution in [-0.2, 0) is 14.6 Å². The summed E-state index contributed by atoms with van der Waals surface area (Å²) in [5.74, 6) is 0.311. The van der Waals surface area contributed by atoms with Gasteiger partial charge in [0.05, 0.1) is 17.1 Å². The lowest BCUT2D eigenvalue weighted by Crippen LogP contribution is -2.29. The Morgan fingerprint density at radius 3 is 2.73 bits per heavy atom. The molecule has 3 rings (SSSR count). The molecule has 2 aliphatic rings. The second kappa shape index (κ2) is 6.14. The van der Waals surface area contributed by atoms with Gasteiger partial charge in [-0.3, -0.25) is 4.90 Å². The Hall–Kier alpha value is -1.17. The molecule has 0 unspecified atom stereocenters. The molecule has 0 aromatic heterocycles. The summed E-state index contributed by atoms with van der Waals surface area (Å²) in [5, 5.41) is -0.248. The molecule has 0 radical (unpaired) electrons. The highest BCUT2D eigenvalue weighted by atomic mass is 32.2. The van der Waals surface area contributed by atoms with Gasteiger partial charge in [0, 0.05) is 32.7 Å². The third-order valence-electron chi connectivity index (χ3n) is 4.71. The number of ether oxygens (including phenoxy) is 1. The van der Waals surface area contributed by atoms with E-state index in [0.717, 1.165) is 13.1 Å². The third kappa shape index (κ3) is 3.12. The third-order valence-corrected chi connectivity index (χ3v) is 6.92. The maximum atomic E-state index is 12.2. The molecule has 22 heavy (non-hydrogen) atoms. The lowest BCUT2D eigenvalue weighted by atomic mass is 10.0. The first kappa shape index (κ1) is 15.7. The van der Waals surface area contributed by atoms with Crippen LogP contribution in [0.1, 0.15) is 12.5 Å². The molecule has 5 heteroatoms. The molecule has 4 nitrogen and oxygen atoms in total. The summed E-state index contributed by atoms with van der Waals surface area (Å²) in [6.07, 6.45) is 2.02. The summed E-state index contributed by atoms with van der Waals surface area (Å²) in [7, 11) is -1.38. The van der Waals surface area contributed by atoms with Crippen molar-refractivity contribution in [3.8, 4) is 0 Å². The summed E-state index contributed by atoms with van der Waals surface area (Å²) in [6.45, 7) is 4.35. The van der Waals surface area contributed by atoms with Gasteiger partial charge in [-0.15, -0.1) is 0 Å². The largest absolute Gasteiger partial charge is 0.380 e. The minimum Gasteiger partial charge on any atom is -0.380 e. The monoisotopic (exact) mass is 321 g/mol. The molecule has 2 aliphatic heterocycles. The maximum absolute atomic E-state index is 12.2. The molecular formula is C17H23NO3S. The number of hydrogen-bond acceptors (Lipinski definition) is 4. The number of methoxy groups -OCH3 is 1. The Labute approximate surface area is 132 Å². The molecule has 1 aromatic carbocycles. The molecule has 2 heterocycles. The molecule has 0 saturated carbocycles. The summed E-state index contributed by atoms with van der Waals surface area (Å²) in [6, 6.07) is 10.2. The Morgan fingerprint density at radius 1 is 1.32 bits per heavy atom. The van der Waals surface area contributed by atoms with Crippen LogP contribution in [-0.4, -0.2) is 57.2 Å². The molecule has 0 amide bonds. The predicted molar refractivity (Wildman–Crippen MR) is 88.4 cm³/mol. The van der Waals surface area contributed by atoms with Crippen LogP contribution in [0.5, 0.6) is 0 Å². The van der Waals surface area contributed by atoms with Crippen molar-refractivity contribution in [2.45, 2.75) is 18.3 Å². The van der Waals surface area contributed by atoms with E-state index >= 15 is 0 Å². The van der Waals surface area contributed by atoms with Gasteiger partial charge in [-0.25, -0.2) is 8.42 Å². The zero-order valence-electron chi connectivity index (χ0n) is 13.1. The summed E-state index contributed by atoms with van der Waals surface area (Å²) in [5.41, 5.74) is 2.43. The fourth-order valence-electron chi connectivity index (χ4n) is 3.70. The molecule has 0 bridgehead atoms. The quantitative estimate of drug-likeness (QED) is 0.849. The van der Waals surface area contributed by atoms with E-state index in [1.165, 1.54) is 11.1 Å². The highest BCUT2D eigenvalue weighted by Crippen LogP contribution is 2.35. The van der Waals surface area contributed by atoms with Gasteiger partial charge in [0.1, 0.15) is 0 Å². The van der Waals surface area contributed by atoms with Crippen molar-refractivity contribution in [3.05, 3.63) is 41.5 Å². The second-order valence-electron chi connectivity index (χ2n) is 6.40. The van der Waals surface area contributed by atoms with Gasteiger partial charge in [0.2, 0.25) is 0 Å². The standard InChI is InChI=1S/C17H23NO3S/c1-13(8-14-6-4-3-5-7-14)9-18-10-15-16(21-2)12-22(19,20)17(15)11-18/h3-8,15-17H,9-12H2,1-2H3/b13-8+/t15-,16+,17-/m0/s1. The Kier molecular flexibility index (Phi) is 4.39. The highest BCUT2D eigenvalue weighted by Gasteiger charge is 2.52. The van der Waals surface area contributed by atoms with Crippen molar-refractivity contribution in [1.29, 1.82) is 0 Å². The second-order valence-corrected chi connectivity index (χ2v) is 8.67. The Balaban J connectivity index is 1.68. The Morgan fingerprint density at radius 2 is 2.05 bits per heavy atom. The van der Waals surface area contributed by atoms with Crippen molar-refractivity contribution in [2.24, 2.45) is 5.92 Å². The summed E-state index contributed by atoms with van der Waals surface area (Å²) >= 11 is 0. The van der Waals surface area contributed by atoms with Gasteiger partial charge in [-0.1, -0.05) is 42.0 Å². The zero-order chi connectivity index (χ0) is 15.7. The van der Waals surface area contributed by atoms with Crippen molar-refractivity contribution in [3.63, 3.8) is 0 Å². The molecule has 0 spiro atoms. The number of benzene rings is 1. The first-order valence-corrected chi connectivity index (χ1v) is 9.40. The minimum absolute atomic E-state index is 0.125. The van der Waals surface area contributed by atoms with Gasteiger partial charge in [0.25, 0.3) is 0 Å². The van der Waals surface area contributed by atoms with Crippen molar-refractivity contribution >= 4 is 15.9 Å². The molecule has 120 valence electrons. The van der Waals surface area contributed by atoms with Crippen LogP contribution >= 0.6 is 0 Å². The molecule has 1 aromatic rings. The van der Waals surface area contributed by atoms with Gasteiger partial charge >= 0.3 is 0 Å². The van der Waals surface area contributed by atoms with E-state index in [0.29, 0.717) is 6.54 Å². The SMILES string of the molecule is CO[C@@H]1CS(=O)(=O)[C@H]2CN(C/C(C)=C/c3ccccc3)C[C@@H]12. The number of nitrogens with zero attached hydrogens (tertiary/aromatic N) is 1. The fraction of sp³-hybridized carbons (Fsp3) is 0.529. The van der Waals surface area contributed by atoms with Crippen LogP contribution in [0.4, 0.5) is 0 Å². The topological polar surface area (TPSA) is 46.6 Å². The lowest BCUT2D eigenvalue weighted by Gasteiger charge is -2.19. The highest BCUT2D eigenvalue weighted by molar-refractivity contribution is 7.92. The van der Waals surface area contributed by atoms with E-state index in [4.69, 9.17) is 4.74 Å². The lowest BCUT2D eigenvalue weighted by molar-refractivity contribution is 0.0812. The van der Waals surface area contributed by atoms with E-state index in [9.17, 15) is 8.42 Å². The van der Waals surface area contributed by atoms with Gasteiger partial charge in [0.15, 0.2) is 9.84 Å². The Bertz CT molecular complexity index is 654. The number of hydrogen-bond donors (Lipinski definition) is 0. The van der Waals surface area contributed by atoms with E-state index in [2.05, 4.69) is 30.0 Å². The van der Waals surface area contributed by atoms with Gasteiger partial charge < -0.3 is 4.74 Å². The van der Waals surface area contributed by atoms with Gasteiger partial charge in [-0.2, -0.15) is 0 Å². The van der Waals surface area contributed by atoms with Crippen LogP contribution in [0.3, 0.4) is 0 Å². The average molecular weight is 321 g/mol. The first-order valence-electron chi connectivity index (χ1n) is 7.68. The summed E-state index contributed by atoms with van der Waals surface area (Å²) in [4.78, 5) is 2.24. The molecular weight excluding hydrogens is 298 g/mol. The molecule has 2 fully saturated rings. The van der Waals surface area contributed by atoms with Crippen molar-refractivity contribution in [1.82, 2.24) is 4.90 Å². The number of fused-ring (bicyclic) bond motifs is 1.